The predicted molar refractivity (Wildman–Crippen MR) is 82.7 cm³/mol. The lowest BCUT2D eigenvalue weighted by molar-refractivity contribution is -0.146. The van der Waals surface area contributed by atoms with Gasteiger partial charge in [0, 0.05) is 31.0 Å². The molecule has 2 unspecified atom stereocenters. The van der Waals surface area contributed by atoms with Gasteiger partial charge in [-0.15, -0.1) is 0 Å². The number of urea groups is 1. The molecule has 0 heterocycles. The van der Waals surface area contributed by atoms with Gasteiger partial charge in [-0.2, -0.15) is 0 Å². The van der Waals surface area contributed by atoms with E-state index in [1.807, 2.05) is 6.92 Å². The predicted octanol–water partition coefficient (Wildman–Crippen LogP) is 2.28. The maximum atomic E-state index is 12.0. The number of carboxylic acids is 1. The van der Waals surface area contributed by atoms with Crippen LogP contribution in [0.25, 0.3) is 0 Å². The van der Waals surface area contributed by atoms with Gasteiger partial charge < -0.3 is 20.5 Å². The largest absolute Gasteiger partial charge is 0.481 e. The van der Waals surface area contributed by atoms with Gasteiger partial charge in [-0.05, 0) is 32.6 Å². The lowest BCUT2D eigenvalue weighted by atomic mass is 9.55. The minimum Gasteiger partial charge on any atom is -0.481 e. The summed E-state index contributed by atoms with van der Waals surface area (Å²) in [5.74, 6) is -0.832. The first kappa shape index (κ1) is 17.1. The Balaban J connectivity index is 1.78. The van der Waals surface area contributed by atoms with E-state index in [0.29, 0.717) is 13.0 Å². The zero-order valence-corrected chi connectivity index (χ0v) is 13.4. The molecule has 0 aromatic heterocycles. The Bertz CT molecular complexity index is 394. The summed E-state index contributed by atoms with van der Waals surface area (Å²) < 4.78 is 5.87. The van der Waals surface area contributed by atoms with Gasteiger partial charge in [-0.25, -0.2) is 4.79 Å². The Labute approximate surface area is 132 Å². The number of carbonyl (C=O) groups is 2. The van der Waals surface area contributed by atoms with Crippen LogP contribution in [-0.2, 0) is 9.53 Å². The molecular formula is C16H28N2O4. The number of rotatable bonds is 7. The summed E-state index contributed by atoms with van der Waals surface area (Å²) in [6, 6.07) is -0.000825. The number of nitrogens with one attached hydrogen (secondary N) is 2. The van der Waals surface area contributed by atoms with Crippen molar-refractivity contribution < 1.29 is 19.4 Å². The first-order valence-electron chi connectivity index (χ1n) is 8.46. The van der Waals surface area contributed by atoms with E-state index in [-0.39, 0.29) is 30.0 Å². The number of hydrogen-bond acceptors (Lipinski definition) is 3. The van der Waals surface area contributed by atoms with Gasteiger partial charge in [-0.1, -0.05) is 19.3 Å². The van der Waals surface area contributed by atoms with Crippen LogP contribution in [-0.4, -0.2) is 42.4 Å². The van der Waals surface area contributed by atoms with Gasteiger partial charge in [0.2, 0.25) is 0 Å². The molecule has 0 bridgehead atoms. The molecule has 3 N–H and O–H groups in total. The van der Waals surface area contributed by atoms with E-state index in [4.69, 9.17) is 9.84 Å². The Morgan fingerprint density at radius 2 is 2.00 bits per heavy atom. The topological polar surface area (TPSA) is 87.7 Å². The van der Waals surface area contributed by atoms with E-state index in [2.05, 4.69) is 10.6 Å². The van der Waals surface area contributed by atoms with Crippen LogP contribution >= 0.6 is 0 Å². The first-order chi connectivity index (χ1) is 10.6. The molecule has 2 atom stereocenters. The second-order valence-corrected chi connectivity index (χ2v) is 6.42. The molecular weight excluding hydrogens is 284 g/mol. The molecule has 6 heteroatoms. The molecule has 0 aromatic rings. The van der Waals surface area contributed by atoms with E-state index in [9.17, 15) is 9.59 Å². The van der Waals surface area contributed by atoms with Gasteiger partial charge in [0.15, 0.2) is 0 Å². The van der Waals surface area contributed by atoms with Crippen molar-refractivity contribution in [2.75, 3.05) is 13.2 Å². The van der Waals surface area contributed by atoms with E-state index in [1.54, 1.807) is 0 Å². The molecule has 6 nitrogen and oxygen atoms in total. The van der Waals surface area contributed by atoms with Crippen molar-refractivity contribution in [1.82, 2.24) is 10.6 Å². The summed E-state index contributed by atoms with van der Waals surface area (Å²) in [6.45, 7) is 3.14. The third-order valence-electron chi connectivity index (χ3n) is 5.10. The normalized spacial score (nSPS) is 26.2. The minimum atomic E-state index is -0.832. The number of carboxylic acid groups (broad SMARTS) is 1. The number of carbonyl (C=O) groups excluding carboxylic acids is 1. The van der Waals surface area contributed by atoms with Crippen LogP contribution in [0.3, 0.4) is 0 Å². The molecule has 2 rings (SSSR count). The van der Waals surface area contributed by atoms with Gasteiger partial charge in [0.05, 0.1) is 6.10 Å². The molecule has 22 heavy (non-hydrogen) atoms. The SMILES string of the molecule is CCOC1CC(NC(=O)NCCCC(=O)O)C12CCCCC2. The Kier molecular flexibility index (Phi) is 6.06. The average Bonchev–Trinajstić information content (AvgIpc) is 2.51. The van der Waals surface area contributed by atoms with Crippen LogP contribution in [0.2, 0.25) is 0 Å². The fourth-order valence-electron chi connectivity index (χ4n) is 3.92. The molecule has 126 valence electrons. The maximum Gasteiger partial charge on any atom is 0.315 e. The summed E-state index contributed by atoms with van der Waals surface area (Å²) in [7, 11) is 0. The molecule has 2 fully saturated rings. The first-order valence-corrected chi connectivity index (χ1v) is 8.46. The van der Waals surface area contributed by atoms with Crippen LogP contribution in [0.5, 0.6) is 0 Å². The Morgan fingerprint density at radius 3 is 2.64 bits per heavy atom. The molecule has 2 saturated carbocycles. The lowest BCUT2D eigenvalue weighted by Gasteiger charge is -2.57. The standard InChI is InChI=1S/C16H28N2O4/c1-2-22-13-11-12(16(13)8-4-3-5-9-16)18-15(21)17-10-6-7-14(19)20/h12-13H,2-11H2,1H3,(H,19,20)(H2,17,18,21). The van der Waals surface area contributed by atoms with Gasteiger partial charge in [0.25, 0.3) is 0 Å². The molecule has 2 amide bonds. The quantitative estimate of drug-likeness (QED) is 0.629. The second kappa shape index (κ2) is 7.81. The molecule has 2 aliphatic carbocycles. The molecule has 0 saturated heterocycles. The Morgan fingerprint density at radius 1 is 1.27 bits per heavy atom. The van der Waals surface area contributed by atoms with Crippen molar-refractivity contribution >= 4 is 12.0 Å². The van der Waals surface area contributed by atoms with Crippen molar-refractivity contribution in [1.29, 1.82) is 0 Å². The van der Waals surface area contributed by atoms with E-state index in [1.165, 1.54) is 19.3 Å². The van der Waals surface area contributed by atoms with Crippen molar-refractivity contribution in [3.8, 4) is 0 Å². The van der Waals surface area contributed by atoms with Crippen LogP contribution < -0.4 is 10.6 Å². The molecule has 2 aliphatic rings. The number of amides is 2. The van der Waals surface area contributed by atoms with Crippen LogP contribution in [0.15, 0.2) is 0 Å². The van der Waals surface area contributed by atoms with Crippen molar-refractivity contribution in [2.24, 2.45) is 5.41 Å². The molecule has 0 aliphatic heterocycles. The van der Waals surface area contributed by atoms with Crippen molar-refractivity contribution in [2.45, 2.75) is 70.4 Å². The highest BCUT2D eigenvalue weighted by atomic mass is 16.5. The van der Waals surface area contributed by atoms with Crippen LogP contribution in [0.4, 0.5) is 4.79 Å². The summed E-state index contributed by atoms with van der Waals surface area (Å²) in [4.78, 5) is 22.4. The monoisotopic (exact) mass is 312 g/mol. The Hall–Kier alpha value is -1.30. The molecule has 0 radical (unpaired) electrons. The van der Waals surface area contributed by atoms with Crippen molar-refractivity contribution in [3.63, 3.8) is 0 Å². The fraction of sp³-hybridized carbons (Fsp3) is 0.875. The highest BCUT2D eigenvalue weighted by Crippen LogP contribution is 2.53. The van der Waals surface area contributed by atoms with Crippen LogP contribution in [0, 0.1) is 5.41 Å². The zero-order valence-electron chi connectivity index (χ0n) is 13.4. The number of ether oxygens (including phenoxy) is 1. The number of hydrogen-bond donors (Lipinski definition) is 3. The molecule has 0 aromatic carbocycles. The van der Waals surface area contributed by atoms with E-state index >= 15 is 0 Å². The summed E-state index contributed by atoms with van der Waals surface area (Å²) in [5, 5.41) is 14.4. The minimum absolute atomic E-state index is 0.0834. The average molecular weight is 312 g/mol. The van der Waals surface area contributed by atoms with Gasteiger partial charge in [0.1, 0.15) is 0 Å². The van der Waals surface area contributed by atoms with E-state index in [0.717, 1.165) is 25.9 Å². The van der Waals surface area contributed by atoms with Gasteiger partial charge >= 0.3 is 12.0 Å². The highest BCUT2D eigenvalue weighted by molar-refractivity contribution is 5.74. The third kappa shape index (κ3) is 3.91. The maximum absolute atomic E-state index is 12.0. The summed E-state index contributed by atoms with van der Waals surface area (Å²) in [5.41, 5.74) is 0.118. The van der Waals surface area contributed by atoms with E-state index < -0.39 is 5.97 Å². The smallest absolute Gasteiger partial charge is 0.315 e. The lowest BCUT2D eigenvalue weighted by Crippen LogP contribution is -2.66. The fourth-order valence-corrected chi connectivity index (χ4v) is 3.92. The number of aliphatic carboxylic acids is 1. The summed E-state index contributed by atoms with van der Waals surface area (Å²) >= 11 is 0. The summed E-state index contributed by atoms with van der Waals surface area (Å²) in [6.07, 6.45) is 7.65. The highest BCUT2D eigenvalue weighted by Gasteiger charge is 2.56. The third-order valence-corrected chi connectivity index (χ3v) is 5.10. The second-order valence-electron chi connectivity index (χ2n) is 6.42. The zero-order chi connectivity index (χ0) is 16.0. The van der Waals surface area contributed by atoms with Crippen LogP contribution in [0.1, 0.15) is 58.3 Å². The molecule has 1 spiro atoms. The van der Waals surface area contributed by atoms with Crippen molar-refractivity contribution in [3.05, 3.63) is 0 Å². The van der Waals surface area contributed by atoms with Gasteiger partial charge in [-0.3, -0.25) is 4.79 Å².